The van der Waals surface area contributed by atoms with E-state index in [1.807, 2.05) is 0 Å². The Kier molecular flexibility index (Phi) is 9.42. The van der Waals surface area contributed by atoms with Crippen molar-refractivity contribution in [1.29, 1.82) is 0 Å². The van der Waals surface area contributed by atoms with Gasteiger partial charge in [-0.3, -0.25) is 13.9 Å². The van der Waals surface area contributed by atoms with Crippen LogP contribution >= 0.6 is 23.2 Å². The fraction of sp³-hybridized carbons (Fsp3) is 0.231. The Morgan fingerprint density at radius 3 is 2.16 bits per heavy atom. The number of benzene rings is 3. The van der Waals surface area contributed by atoms with Crippen LogP contribution in [0.2, 0.25) is 10.0 Å². The molecular weight excluding hydrogens is 537 g/mol. The monoisotopic (exact) mass is 563 g/mol. The fourth-order valence-electron chi connectivity index (χ4n) is 3.66. The third kappa shape index (κ3) is 6.94. The molecule has 196 valence electrons. The second-order valence-electron chi connectivity index (χ2n) is 8.11. The molecule has 0 spiro atoms. The number of rotatable bonds is 10. The number of hydrogen-bond acceptors (Lipinski definition) is 5. The summed E-state index contributed by atoms with van der Waals surface area (Å²) in [4.78, 5) is 27.5. The molecule has 37 heavy (non-hydrogen) atoms. The largest absolute Gasteiger partial charge is 0.497 e. The van der Waals surface area contributed by atoms with Crippen molar-refractivity contribution in [2.45, 2.75) is 24.4 Å². The molecule has 0 saturated heterocycles. The second-order valence-corrected chi connectivity index (χ2v) is 10.8. The zero-order valence-electron chi connectivity index (χ0n) is 20.5. The number of carbonyl (C=O) groups excluding carboxylic acids is 2. The second kappa shape index (κ2) is 12.3. The highest BCUT2D eigenvalue weighted by Gasteiger charge is 2.32. The van der Waals surface area contributed by atoms with Crippen molar-refractivity contribution >= 4 is 50.7 Å². The number of carbonyl (C=O) groups is 2. The molecule has 0 aliphatic rings. The highest BCUT2D eigenvalue weighted by molar-refractivity contribution is 7.92. The number of sulfonamides is 1. The van der Waals surface area contributed by atoms with Gasteiger partial charge in [-0.15, -0.1) is 0 Å². The zero-order valence-corrected chi connectivity index (χ0v) is 22.8. The third-order valence-corrected chi connectivity index (χ3v) is 7.94. The van der Waals surface area contributed by atoms with Gasteiger partial charge in [0.25, 0.3) is 10.0 Å². The van der Waals surface area contributed by atoms with Crippen molar-refractivity contribution in [3.8, 4) is 5.75 Å². The first-order valence-electron chi connectivity index (χ1n) is 11.2. The van der Waals surface area contributed by atoms with E-state index < -0.39 is 34.4 Å². The first-order valence-corrected chi connectivity index (χ1v) is 13.4. The number of hydrogen-bond donors (Lipinski definition) is 1. The van der Waals surface area contributed by atoms with Crippen LogP contribution in [0.3, 0.4) is 0 Å². The summed E-state index contributed by atoms with van der Waals surface area (Å²) < 4.78 is 33.6. The number of halogens is 2. The minimum absolute atomic E-state index is 0.0400. The molecule has 11 heteroatoms. The van der Waals surface area contributed by atoms with E-state index in [4.69, 9.17) is 27.9 Å². The minimum Gasteiger partial charge on any atom is -0.497 e. The van der Waals surface area contributed by atoms with Gasteiger partial charge in [-0.2, -0.15) is 0 Å². The van der Waals surface area contributed by atoms with Crippen molar-refractivity contribution in [2.24, 2.45) is 0 Å². The van der Waals surface area contributed by atoms with Crippen LogP contribution in [0, 0.1) is 0 Å². The van der Waals surface area contributed by atoms with Crippen molar-refractivity contribution in [2.75, 3.05) is 25.0 Å². The van der Waals surface area contributed by atoms with E-state index in [1.54, 1.807) is 49.4 Å². The minimum atomic E-state index is -4.21. The Morgan fingerprint density at radius 2 is 1.59 bits per heavy atom. The standard InChI is InChI=1S/C26H27Cl2N3O5S/c1-18(26(33)29-2)30(16-19-6-4-7-20(27)14-19)25(32)17-31(22-9-5-8-21(28)15-22)37(34,35)24-12-10-23(36-3)11-13-24/h4-15,18H,16-17H2,1-3H3,(H,29,33)/t18-/m0/s1. The van der Waals surface area contributed by atoms with Crippen molar-refractivity contribution in [1.82, 2.24) is 10.2 Å². The number of anilines is 1. The van der Waals surface area contributed by atoms with Gasteiger partial charge in [-0.05, 0) is 67.1 Å². The fourth-order valence-corrected chi connectivity index (χ4v) is 5.46. The normalized spacial score (nSPS) is 11.9. The Hall–Kier alpha value is -3.27. The molecule has 0 aromatic heterocycles. The molecule has 0 unspecified atom stereocenters. The molecule has 0 bridgehead atoms. The Balaban J connectivity index is 2.03. The van der Waals surface area contributed by atoms with Crippen LogP contribution in [0.15, 0.2) is 77.7 Å². The Bertz CT molecular complexity index is 1370. The molecule has 0 heterocycles. The quantitative estimate of drug-likeness (QED) is 0.395. The lowest BCUT2D eigenvalue weighted by atomic mass is 10.1. The number of amides is 2. The van der Waals surface area contributed by atoms with Gasteiger partial charge in [-0.25, -0.2) is 8.42 Å². The molecule has 0 radical (unpaired) electrons. The van der Waals surface area contributed by atoms with E-state index in [0.29, 0.717) is 21.4 Å². The third-order valence-electron chi connectivity index (χ3n) is 5.68. The van der Waals surface area contributed by atoms with Crippen molar-refractivity contribution < 1.29 is 22.7 Å². The van der Waals surface area contributed by atoms with E-state index in [9.17, 15) is 18.0 Å². The van der Waals surface area contributed by atoms with Crippen molar-refractivity contribution in [3.05, 3.63) is 88.4 Å². The Labute approximate surface area is 226 Å². The first kappa shape index (κ1) is 28.3. The molecule has 3 aromatic rings. The lowest BCUT2D eigenvalue weighted by Gasteiger charge is -2.31. The van der Waals surface area contributed by atoms with Crippen LogP contribution < -0.4 is 14.4 Å². The first-order chi connectivity index (χ1) is 17.6. The lowest BCUT2D eigenvalue weighted by molar-refractivity contribution is -0.139. The molecule has 3 aromatic carbocycles. The molecule has 3 rings (SSSR count). The summed E-state index contributed by atoms with van der Waals surface area (Å²) in [6.45, 7) is 1.04. The van der Waals surface area contributed by atoms with Crippen LogP contribution in [0.5, 0.6) is 5.75 Å². The maximum absolute atomic E-state index is 13.7. The summed E-state index contributed by atoms with van der Waals surface area (Å²) in [7, 11) is -1.27. The highest BCUT2D eigenvalue weighted by Crippen LogP contribution is 2.28. The Morgan fingerprint density at radius 1 is 0.973 bits per heavy atom. The summed E-state index contributed by atoms with van der Waals surface area (Å²) in [5.74, 6) is -0.507. The smallest absolute Gasteiger partial charge is 0.264 e. The summed E-state index contributed by atoms with van der Waals surface area (Å²) >= 11 is 12.3. The van der Waals surface area contributed by atoms with Gasteiger partial charge in [-0.1, -0.05) is 41.4 Å². The topological polar surface area (TPSA) is 96.0 Å². The van der Waals surface area contributed by atoms with Gasteiger partial charge in [0, 0.05) is 23.6 Å². The molecular formula is C26H27Cl2N3O5S. The highest BCUT2D eigenvalue weighted by atomic mass is 35.5. The lowest BCUT2D eigenvalue weighted by Crippen LogP contribution is -2.50. The van der Waals surface area contributed by atoms with E-state index in [1.165, 1.54) is 49.4 Å². The van der Waals surface area contributed by atoms with Crippen LogP contribution in [-0.2, 0) is 26.2 Å². The molecule has 1 atom stereocenters. The molecule has 1 N–H and O–H groups in total. The maximum Gasteiger partial charge on any atom is 0.264 e. The molecule has 0 saturated carbocycles. The van der Waals surface area contributed by atoms with Gasteiger partial charge < -0.3 is 15.0 Å². The van der Waals surface area contributed by atoms with Gasteiger partial charge in [0.15, 0.2) is 0 Å². The molecule has 2 amide bonds. The maximum atomic E-state index is 13.7. The van der Waals surface area contributed by atoms with E-state index >= 15 is 0 Å². The average Bonchev–Trinajstić information content (AvgIpc) is 2.89. The molecule has 8 nitrogen and oxygen atoms in total. The number of ether oxygens (including phenoxy) is 1. The van der Waals surface area contributed by atoms with Crippen LogP contribution in [-0.4, -0.2) is 51.9 Å². The van der Waals surface area contributed by atoms with E-state index in [2.05, 4.69) is 5.32 Å². The van der Waals surface area contributed by atoms with Gasteiger partial charge in [0.05, 0.1) is 17.7 Å². The number of nitrogens with zero attached hydrogens (tertiary/aromatic N) is 2. The number of likely N-dealkylation sites (N-methyl/N-ethyl adjacent to an activating group) is 1. The van der Waals surface area contributed by atoms with Gasteiger partial charge >= 0.3 is 0 Å². The average molecular weight is 564 g/mol. The molecule has 0 aliphatic carbocycles. The summed E-state index contributed by atoms with van der Waals surface area (Å²) in [6.07, 6.45) is 0. The predicted octanol–water partition coefficient (Wildman–Crippen LogP) is 4.36. The van der Waals surface area contributed by atoms with Gasteiger partial charge in [0.1, 0.15) is 18.3 Å². The summed E-state index contributed by atoms with van der Waals surface area (Å²) in [5.41, 5.74) is 0.885. The van der Waals surface area contributed by atoms with Crippen LogP contribution in [0.4, 0.5) is 5.69 Å². The summed E-state index contributed by atoms with van der Waals surface area (Å²) in [6, 6.07) is 18.0. The zero-order chi connectivity index (χ0) is 27.2. The molecule has 0 aliphatic heterocycles. The van der Waals surface area contributed by atoms with Gasteiger partial charge in [0.2, 0.25) is 11.8 Å². The van der Waals surface area contributed by atoms with E-state index in [-0.39, 0.29) is 17.1 Å². The predicted molar refractivity (Wildman–Crippen MR) is 145 cm³/mol. The van der Waals surface area contributed by atoms with Crippen LogP contribution in [0.25, 0.3) is 0 Å². The van der Waals surface area contributed by atoms with Crippen molar-refractivity contribution in [3.63, 3.8) is 0 Å². The van der Waals surface area contributed by atoms with Crippen LogP contribution in [0.1, 0.15) is 12.5 Å². The summed E-state index contributed by atoms with van der Waals surface area (Å²) in [5, 5.41) is 3.31. The molecule has 0 fully saturated rings. The number of nitrogens with one attached hydrogen (secondary N) is 1. The number of methoxy groups -OCH3 is 1. The van der Waals surface area contributed by atoms with E-state index in [0.717, 1.165) is 4.31 Å². The SMILES string of the molecule is CNC(=O)[C@H](C)N(Cc1cccc(Cl)c1)C(=O)CN(c1cccc(Cl)c1)S(=O)(=O)c1ccc(OC)cc1.